The summed E-state index contributed by atoms with van der Waals surface area (Å²) in [6, 6.07) is 0. The van der Waals surface area contributed by atoms with Gasteiger partial charge in [-0.1, -0.05) is 12.8 Å². The molecule has 2 saturated carbocycles. The molecule has 32 heavy (non-hydrogen) atoms. The zero-order valence-electron chi connectivity index (χ0n) is 18.0. The van der Waals surface area contributed by atoms with E-state index in [0.717, 1.165) is 64.2 Å². The summed E-state index contributed by atoms with van der Waals surface area (Å²) in [6.45, 7) is 0. The van der Waals surface area contributed by atoms with Gasteiger partial charge in [-0.25, -0.2) is 0 Å². The van der Waals surface area contributed by atoms with Crippen LogP contribution in [0.15, 0.2) is 0 Å². The minimum Gasteiger partial charge on any atom is -0.387 e. The molecule has 6 aliphatic rings. The number of aldehydes is 1. The first-order valence-electron chi connectivity index (χ1n) is 12.0. The summed E-state index contributed by atoms with van der Waals surface area (Å²) >= 11 is 0. The molecule has 6 rings (SSSR count). The molecule has 10 nitrogen and oxygen atoms in total. The number of carbonyl (C=O) groups excluding carboxylic acids is 1. The second-order valence-corrected chi connectivity index (χ2v) is 9.90. The Morgan fingerprint density at radius 3 is 1.94 bits per heavy atom. The van der Waals surface area contributed by atoms with Crippen LogP contribution < -0.4 is 0 Å². The van der Waals surface area contributed by atoms with Crippen molar-refractivity contribution in [3.05, 3.63) is 0 Å². The SMILES string of the molecule is O=C[C@H]1O[C@@H]2OC3(CCCCC3)O[C@@H]2[C@H]1O[C@H](O)[C@H]1O[C@@H]2OC3(CCCCC3)O[C@@H]2[C@H]1O. The molecule has 180 valence electrons. The Morgan fingerprint density at radius 2 is 1.38 bits per heavy atom. The van der Waals surface area contributed by atoms with Crippen molar-refractivity contribution in [2.45, 2.75) is 131 Å². The van der Waals surface area contributed by atoms with Crippen molar-refractivity contribution in [1.29, 1.82) is 0 Å². The first kappa shape index (κ1) is 21.8. The van der Waals surface area contributed by atoms with Gasteiger partial charge in [0.15, 0.2) is 36.7 Å². The minimum absolute atomic E-state index is 0.621. The van der Waals surface area contributed by atoms with E-state index in [1.54, 1.807) is 0 Å². The average molecular weight is 456 g/mol. The van der Waals surface area contributed by atoms with Crippen LogP contribution in [0.4, 0.5) is 0 Å². The third-order valence-corrected chi connectivity index (χ3v) is 7.75. The monoisotopic (exact) mass is 456 g/mol. The fourth-order valence-electron chi connectivity index (χ4n) is 6.12. The van der Waals surface area contributed by atoms with E-state index >= 15 is 0 Å². The molecule has 6 fully saturated rings. The second kappa shape index (κ2) is 8.21. The standard InChI is InChI=1S/C22H32O10/c23-11-12-14(17-20(26-12)32-22(30-17)9-5-2-6-10-22)27-18(25)15-13(24)16-19(28-15)31-21(29-16)7-3-1-4-8-21/h11-20,24-25H,1-10H2/t12-,13+,14+,15+,16-,17-,18+,19-,20-/m1/s1. The van der Waals surface area contributed by atoms with Crippen molar-refractivity contribution in [2.24, 2.45) is 0 Å². The molecule has 4 saturated heterocycles. The number of hydrogen-bond donors (Lipinski definition) is 2. The van der Waals surface area contributed by atoms with Crippen molar-refractivity contribution >= 4 is 6.29 Å². The molecule has 0 unspecified atom stereocenters. The number of rotatable bonds is 4. The molecule has 2 aliphatic carbocycles. The van der Waals surface area contributed by atoms with Gasteiger partial charge in [-0.05, 0) is 25.7 Å². The highest BCUT2D eigenvalue weighted by Gasteiger charge is 2.62. The Hall–Kier alpha value is -0.690. The van der Waals surface area contributed by atoms with Crippen LogP contribution in [0.25, 0.3) is 0 Å². The number of aliphatic hydroxyl groups excluding tert-OH is 2. The van der Waals surface area contributed by atoms with Crippen LogP contribution in [0.5, 0.6) is 0 Å². The molecule has 0 amide bonds. The van der Waals surface area contributed by atoms with Crippen molar-refractivity contribution in [3.8, 4) is 0 Å². The molecule has 0 aromatic heterocycles. The van der Waals surface area contributed by atoms with Gasteiger partial charge >= 0.3 is 0 Å². The number of fused-ring (bicyclic) bond motifs is 2. The highest BCUT2D eigenvalue weighted by molar-refractivity contribution is 5.58. The zero-order chi connectivity index (χ0) is 21.9. The van der Waals surface area contributed by atoms with Crippen molar-refractivity contribution in [1.82, 2.24) is 0 Å². The van der Waals surface area contributed by atoms with Crippen LogP contribution in [0.1, 0.15) is 64.2 Å². The first-order valence-corrected chi connectivity index (χ1v) is 12.0. The Balaban J connectivity index is 1.11. The maximum Gasteiger partial charge on any atom is 0.190 e. The van der Waals surface area contributed by atoms with E-state index in [9.17, 15) is 15.0 Å². The van der Waals surface area contributed by atoms with E-state index in [1.165, 1.54) is 0 Å². The molecule has 0 radical (unpaired) electrons. The average Bonchev–Trinajstić information content (AvgIpc) is 3.49. The lowest BCUT2D eigenvalue weighted by atomic mass is 9.94. The van der Waals surface area contributed by atoms with Crippen LogP contribution in [0.3, 0.4) is 0 Å². The summed E-state index contributed by atoms with van der Waals surface area (Å²) in [5.41, 5.74) is 0. The highest BCUT2D eigenvalue weighted by Crippen LogP contribution is 2.47. The van der Waals surface area contributed by atoms with Gasteiger partial charge in [0, 0.05) is 25.7 Å². The van der Waals surface area contributed by atoms with Crippen LogP contribution in [0, 0.1) is 0 Å². The third kappa shape index (κ3) is 3.55. The number of carbonyl (C=O) groups is 1. The second-order valence-electron chi connectivity index (χ2n) is 9.90. The van der Waals surface area contributed by atoms with Crippen LogP contribution in [-0.2, 0) is 38.0 Å². The summed E-state index contributed by atoms with van der Waals surface area (Å²) < 4.78 is 41.7. The van der Waals surface area contributed by atoms with E-state index in [1.807, 2.05) is 0 Å². The van der Waals surface area contributed by atoms with E-state index in [-0.39, 0.29) is 0 Å². The Bertz CT molecular complexity index is 705. The van der Waals surface area contributed by atoms with Gasteiger partial charge in [0.05, 0.1) is 0 Å². The maximum atomic E-state index is 11.6. The highest BCUT2D eigenvalue weighted by atomic mass is 16.9. The lowest BCUT2D eigenvalue weighted by Crippen LogP contribution is -2.48. The van der Waals surface area contributed by atoms with Crippen LogP contribution in [-0.4, -0.2) is 83.6 Å². The predicted molar refractivity (Wildman–Crippen MR) is 104 cm³/mol. The van der Waals surface area contributed by atoms with Gasteiger partial charge in [-0.3, -0.25) is 0 Å². The summed E-state index contributed by atoms with van der Waals surface area (Å²) in [5.74, 6) is -1.42. The van der Waals surface area contributed by atoms with Gasteiger partial charge in [0.1, 0.15) is 36.6 Å². The molecule has 0 aromatic rings. The molecule has 0 bridgehead atoms. The normalized spacial score (nSPS) is 47.6. The Labute approximate surface area is 186 Å². The van der Waals surface area contributed by atoms with Gasteiger partial charge in [0.2, 0.25) is 0 Å². The zero-order valence-corrected chi connectivity index (χ0v) is 18.0. The summed E-state index contributed by atoms with van der Waals surface area (Å²) in [4.78, 5) is 11.6. The smallest absolute Gasteiger partial charge is 0.190 e. The summed E-state index contributed by atoms with van der Waals surface area (Å²) in [5, 5.41) is 21.6. The largest absolute Gasteiger partial charge is 0.387 e. The Kier molecular flexibility index (Phi) is 5.60. The van der Waals surface area contributed by atoms with E-state index in [2.05, 4.69) is 0 Å². The topological polar surface area (TPSA) is 122 Å². The van der Waals surface area contributed by atoms with Crippen molar-refractivity contribution in [2.75, 3.05) is 0 Å². The lowest BCUT2D eigenvalue weighted by molar-refractivity contribution is -0.289. The van der Waals surface area contributed by atoms with Crippen molar-refractivity contribution < 1.29 is 48.2 Å². The van der Waals surface area contributed by atoms with Gasteiger partial charge in [-0.15, -0.1) is 0 Å². The molecule has 10 heteroatoms. The quantitative estimate of drug-likeness (QED) is 0.465. The number of ether oxygens (including phenoxy) is 7. The Morgan fingerprint density at radius 1 is 0.812 bits per heavy atom. The molecule has 9 atom stereocenters. The third-order valence-electron chi connectivity index (χ3n) is 7.75. The van der Waals surface area contributed by atoms with E-state index < -0.39 is 67.1 Å². The lowest BCUT2D eigenvalue weighted by Gasteiger charge is -2.35. The number of aliphatic hydroxyl groups is 2. The maximum absolute atomic E-state index is 11.6. The molecule has 2 N–H and O–H groups in total. The van der Waals surface area contributed by atoms with Crippen LogP contribution >= 0.6 is 0 Å². The predicted octanol–water partition coefficient (Wildman–Crippen LogP) is 0.851. The molecule has 4 heterocycles. The van der Waals surface area contributed by atoms with E-state index in [0.29, 0.717) is 6.29 Å². The summed E-state index contributed by atoms with van der Waals surface area (Å²) in [7, 11) is 0. The van der Waals surface area contributed by atoms with Crippen LogP contribution in [0.2, 0.25) is 0 Å². The van der Waals surface area contributed by atoms with Gasteiger partial charge < -0.3 is 48.2 Å². The number of hydrogen-bond acceptors (Lipinski definition) is 10. The molecular weight excluding hydrogens is 424 g/mol. The molecule has 4 aliphatic heterocycles. The van der Waals surface area contributed by atoms with Gasteiger partial charge in [0.25, 0.3) is 0 Å². The minimum atomic E-state index is -1.52. The van der Waals surface area contributed by atoms with E-state index in [4.69, 9.17) is 33.2 Å². The molecule has 2 spiro atoms. The molecular formula is C22H32O10. The first-order chi connectivity index (χ1) is 15.5. The van der Waals surface area contributed by atoms with Crippen molar-refractivity contribution in [3.63, 3.8) is 0 Å². The van der Waals surface area contributed by atoms with Gasteiger partial charge in [-0.2, -0.15) is 0 Å². The molecule has 0 aromatic carbocycles. The summed E-state index contributed by atoms with van der Waals surface area (Å²) in [6.07, 6.45) is 1.55. The fraction of sp³-hybridized carbons (Fsp3) is 0.955. The fourth-order valence-corrected chi connectivity index (χ4v) is 6.12.